The lowest BCUT2D eigenvalue weighted by Crippen LogP contribution is -2.44. The van der Waals surface area contributed by atoms with Crippen LogP contribution in [0.2, 0.25) is 0 Å². The summed E-state index contributed by atoms with van der Waals surface area (Å²) in [5.41, 5.74) is 2.35. The lowest BCUT2D eigenvalue weighted by molar-refractivity contribution is -0.0195. The van der Waals surface area contributed by atoms with Crippen molar-refractivity contribution in [1.29, 1.82) is 0 Å². The molecule has 0 aromatic heterocycles. The van der Waals surface area contributed by atoms with E-state index in [1.165, 1.54) is 12.6 Å². The van der Waals surface area contributed by atoms with Crippen molar-refractivity contribution in [2.75, 3.05) is 21.3 Å². The molecule has 1 aromatic rings. The fourth-order valence-electron chi connectivity index (χ4n) is 2.47. The standard InChI is InChI=1S/C14H20N2O4/c1-16(18)14(17)15-11-5-4-9-7-12(19-2)13(20-3)8-10(9)6-11/h7-8,11,18H,4-6H2,1-3H3,(H,15,17). The van der Waals surface area contributed by atoms with Gasteiger partial charge in [-0.2, -0.15) is 0 Å². The molecule has 1 unspecified atom stereocenters. The lowest BCUT2D eigenvalue weighted by Gasteiger charge is -2.27. The first kappa shape index (κ1) is 14.5. The highest BCUT2D eigenvalue weighted by Crippen LogP contribution is 2.34. The van der Waals surface area contributed by atoms with Crippen molar-refractivity contribution in [1.82, 2.24) is 10.4 Å². The molecular weight excluding hydrogens is 260 g/mol. The molecule has 110 valence electrons. The van der Waals surface area contributed by atoms with Crippen molar-refractivity contribution in [2.24, 2.45) is 0 Å². The fraction of sp³-hybridized carbons (Fsp3) is 0.500. The van der Waals surface area contributed by atoms with E-state index in [1.54, 1.807) is 14.2 Å². The Balaban J connectivity index is 2.15. The molecule has 6 nitrogen and oxygen atoms in total. The monoisotopic (exact) mass is 280 g/mol. The summed E-state index contributed by atoms with van der Waals surface area (Å²) in [5.74, 6) is 1.42. The SMILES string of the molecule is COc1cc2c(cc1OC)CC(NC(=O)N(C)O)CC2. The molecule has 1 aliphatic rings. The summed E-state index contributed by atoms with van der Waals surface area (Å²) in [5, 5.41) is 12.4. The Labute approximate surface area is 118 Å². The van der Waals surface area contributed by atoms with E-state index >= 15 is 0 Å². The Morgan fingerprint density at radius 2 is 1.90 bits per heavy atom. The number of carbonyl (C=O) groups excluding carboxylic acids is 1. The first-order valence-electron chi connectivity index (χ1n) is 6.52. The molecule has 0 bridgehead atoms. The minimum absolute atomic E-state index is 0.0164. The van der Waals surface area contributed by atoms with Crippen LogP contribution in [0.3, 0.4) is 0 Å². The highest BCUT2D eigenvalue weighted by molar-refractivity contribution is 5.73. The van der Waals surface area contributed by atoms with Crippen molar-refractivity contribution < 1.29 is 19.5 Å². The van der Waals surface area contributed by atoms with Gasteiger partial charge < -0.3 is 14.8 Å². The molecule has 1 aliphatic carbocycles. The molecule has 0 heterocycles. The number of urea groups is 1. The number of hydrogen-bond acceptors (Lipinski definition) is 4. The van der Waals surface area contributed by atoms with Crippen LogP contribution >= 0.6 is 0 Å². The molecule has 20 heavy (non-hydrogen) atoms. The van der Waals surface area contributed by atoms with Crippen LogP contribution in [-0.2, 0) is 12.8 Å². The molecule has 0 spiro atoms. The van der Waals surface area contributed by atoms with Gasteiger partial charge in [-0.25, -0.2) is 9.86 Å². The topological polar surface area (TPSA) is 71.0 Å². The van der Waals surface area contributed by atoms with Crippen LogP contribution in [0.15, 0.2) is 12.1 Å². The summed E-state index contributed by atoms with van der Waals surface area (Å²) in [7, 11) is 4.53. The second-order valence-corrected chi connectivity index (χ2v) is 4.89. The van der Waals surface area contributed by atoms with Crippen LogP contribution in [0.5, 0.6) is 11.5 Å². The second-order valence-electron chi connectivity index (χ2n) is 4.89. The molecule has 2 amide bonds. The predicted molar refractivity (Wildman–Crippen MR) is 73.4 cm³/mol. The van der Waals surface area contributed by atoms with Gasteiger partial charge in [-0.3, -0.25) is 5.21 Å². The van der Waals surface area contributed by atoms with Crippen LogP contribution in [0.4, 0.5) is 4.79 Å². The van der Waals surface area contributed by atoms with Crippen LogP contribution in [-0.4, -0.2) is 43.6 Å². The van der Waals surface area contributed by atoms with E-state index in [1.807, 2.05) is 12.1 Å². The highest BCUT2D eigenvalue weighted by atomic mass is 16.5. The summed E-state index contributed by atoms with van der Waals surface area (Å²) >= 11 is 0. The first-order valence-corrected chi connectivity index (χ1v) is 6.52. The Kier molecular flexibility index (Phi) is 4.34. The third-order valence-electron chi connectivity index (χ3n) is 3.56. The number of nitrogens with zero attached hydrogens (tertiary/aromatic N) is 1. The van der Waals surface area contributed by atoms with Crippen molar-refractivity contribution in [3.8, 4) is 11.5 Å². The maximum absolute atomic E-state index is 11.5. The van der Waals surface area contributed by atoms with Crippen molar-refractivity contribution in [3.05, 3.63) is 23.3 Å². The minimum atomic E-state index is -0.487. The number of methoxy groups -OCH3 is 2. The molecule has 0 saturated heterocycles. The lowest BCUT2D eigenvalue weighted by atomic mass is 9.88. The summed E-state index contributed by atoms with van der Waals surface area (Å²) in [4.78, 5) is 11.5. The number of carbonyl (C=O) groups is 1. The molecular formula is C14H20N2O4. The normalized spacial score (nSPS) is 17.1. The first-order chi connectivity index (χ1) is 9.55. The molecule has 1 atom stereocenters. The second kappa shape index (κ2) is 6.00. The molecule has 2 N–H and O–H groups in total. The van der Waals surface area contributed by atoms with Crippen molar-refractivity contribution in [2.45, 2.75) is 25.3 Å². The van der Waals surface area contributed by atoms with Gasteiger partial charge >= 0.3 is 6.03 Å². The largest absolute Gasteiger partial charge is 0.493 e. The average molecular weight is 280 g/mol. The van der Waals surface area contributed by atoms with Gasteiger partial charge in [-0.05, 0) is 42.5 Å². The van der Waals surface area contributed by atoms with Gasteiger partial charge in [0.2, 0.25) is 0 Å². The molecule has 0 aliphatic heterocycles. The predicted octanol–water partition coefficient (Wildman–Crippen LogP) is 1.59. The van der Waals surface area contributed by atoms with E-state index < -0.39 is 6.03 Å². The maximum Gasteiger partial charge on any atom is 0.341 e. The quantitative estimate of drug-likeness (QED) is 0.651. The number of hydroxylamine groups is 2. The van der Waals surface area contributed by atoms with Gasteiger partial charge in [-0.1, -0.05) is 0 Å². The van der Waals surface area contributed by atoms with Gasteiger partial charge in [-0.15, -0.1) is 0 Å². The van der Waals surface area contributed by atoms with Crippen LogP contribution in [0.1, 0.15) is 17.5 Å². The van der Waals surface area contributed by atoms with E-state index in [0.29, 0.717) is 10.8 Å². The number of aryl methyl sites for hydroxylation is 1. The van der Waals surface area contributed by atoms with Gasteiger partial charge in [0.15, 0.2) is 11.5 Å². The number of hydrogen-bond donors (Lipinski definition) is 2. The van der Waals surface area contributed by atoms with Crippen molar-refractivity contribution in [3.63, 3.8) is 0 Å². The summed E-state index contributed by atoms with van der Waals surface area (Å²) in [6, 6.07) is 3.47. The van der Waals surface area contributed by atoms with Gasteiger partial charge in [0.25, 0.3) is 0 Å². The number of amides is 2. The summed E-state index contributed by atoms with van der Waals surface area (Å²) < 4.78 is 10.6. The smallest absolute Gasteiger partial charge is 0.341 e. The average Bonchev–Trinajstić information content (AvgIpc) is 2.45. The highest BCUT2D eigenvalue weighted by Gasteiger charge is 2.23. The number of rotatable bonds is 3. The van der Waals surface area contributed by atoms with Gasteiger partial charge in [0.05, 0.1) is 14.2 Å². The zero-order valence-electron chi connectivity index (χ0n) is 12.0. The third-order valence-corrected chi connectivity index (χ3v) is 3.56. The number of ether oxygens (including phenoxy) is 2. The van der Waals surface area contributed by atoms with E-state index in [2.05, 4.69) is 5.32 Å². The third kappa shape index (κ3) is 2.96. The molecule has 1 aromatic carbocycles. The van der Waals surface area contributed by atoms with Crippen LogP contribution in [0, 0.1) is 0 Å². The minimum Gasteiger partial charge on any atom is -0.493 e. The number of nitrogens with one attached hydrogen (secondary N) is 1. The van der Waals surface area contributed by atoms with E-state index in [9.17, 15) is 4.79 Å². The molecule has 0 saturated carbocycles. The van der Waals surface area contributed by atoms with E-state index in [0.717, 1.165) is 30.6 Å². The number of fused-ring (bicyclic) bond motifs is 1. The van der Waals surface area contributed by atoms with Crippen molar-refractivity contribution >= 4 is 6.03 Å². The summed E-state index contributed by atoms with van der Waals surface area (Å²) in [6.07, 6.45) is 2.41. The molecule has 2 rings (SSSR count). The fourth-order valence-corrected chi connectivity index (χ4v) is 2.47. The van der Waals surface area contributed by atoms with E-state index in [-0.39, 0.29) is 6.04 Å². The summed E-state index contributed by atoms with van der Waals surface area (Å²) in [6.45, 7) is 0. The Morgan fingerprint density at radius 1 is 1.30 bits per heavy atom. The van der Waals surface area contributed by atoms with Crippen LogP contribution in [0.25, 0.3) is 0 Å². The van der Waals surface area contributed by atoms with Gasteiger partial charge in [0.1, 0.15) is 0 Å². The Morgan fingerprint density at radius 3 is 2.45 bits per heavy atom. The number of benzene rings is 1. The van der Waals surface area contributed by atoms with E-state index in [4.69, 9.17) is 14.7 Å². The molecule has 0 radical (unpaired) electrons. The molecule has 0 fully saturated rings. The Hall–Kier alpha value is -1.95. The maximum atomic E-state index is 11.5. The van der Waals surface area contributed by atoms with Crippen LogP contribution < -0.4 is 14.8 Å². The zero-order chi connectivity index (χ0) is 14.7. The zero-order valence-corrected chi connectivity index (χ0v) is 12.0. The van der Waals surface area contributed by atoms with Gasteiger partial charge in [0, 0.05) is 13.1 Å². The molecule has 6 heteroatoms. The Bertz CT molecular complexity index is 502.